The number of hydrogen-bond acceptors (Lipinski definition) is 4. The molecule has 0 atom stereocenters. The summed E-state index contributed by atoms with van der Waals surface area (Å²) in [5, 5.41) is 8.54. The van der Waals surface area contributed by atoms with Crippen molar-refractivity contribution in [2.45, 2.75) is 6.92 Å². The Morgan fingerprint density at radius 3 is 2.91 bits per heavy atom. The van der Waals surface area contributed by atoms with Gasteiger partial charge in [-0.25, -0.2) is 9.97 Å². The summed E-state index contributed by atoms with van der Waals surface area (Å²) in [5.74, 6) is 0.276. The fraction of sp³-hybridized carbons (Fsp3) is 0.286. The van der Waals surface area contributed by atoms with Crippen molar-refractivity contribution in [3.63, 3.8) is 0 Å². The number of nitrogens with zero attached hydrogens (tertiary/aromatic N) is 3. The van der Waals surface area contributed by atoms with Gasteiger partial charge in [-0.15, -0.1) is 0 Å². The summed E-state index contributed by atoms with van der Waals surface area (Å²) in [6.07, 6.45) is 1.56. The third kappa shape index (κ3) is 1.44. The minimum atomic E-state index is 0.229. The largest absolute Gasteiger partial charge is 0.479 e. The maximum absolute atomic E-state index is 8.54. The quantitative estimate of drug-likeness (QED) is 0.588. The average Bonchev–Trinajstić information content (AvgIpc) is 2.04. The van der Waals surface area contributed by atoms with E-state index in [-0.39, 0.29) is 11.6 Å². The molecule has 1 rings (SSSR count). The first-order valence-corrected chi connectivity index (χ1v) is 3.05. The highest BCUT2D eigenvalue weighted by molar-refractivity contribution is 5.31. The Morgan fingerprint density at radius 2 is 2.36 bits per heavy atom. The van der Waals surface area contributed by atoms with E-state index in [0.717, 1.165) is 0 Å². The van der Waals surface area contributed by atoms with E-state index in [1.54, 1.807) is 13.1 Å². The van der Waals surface area contributed by atoms with Gasteiger partial charge in [-0.3, -0.25) is 0 Å². The number of ether oxygens (including phenoxy) is 1. The van der Waals surface area contributed by atoms with Crippen LogP contribution in [0.5, 0.6) is 5.88 Å². The third-order valence-electron chi connectivity index (χ3n) is 1.16. The molecule has 0 saturated heterocycles. The number of methoxy groups -OCH3 is 1. The zero-order valence-corrected chi connectivity index (χ0v) is 6.33. The van der Waals surface area contributed by atoms with E-state index in [1.807, 2.05) is 6.07 Å². The van der Waals surface area contributed by atoms with E-state index in [1.165, 1.54) is 7.11 Å². The average molecular weight is 149 g/mol. The second kappa shape index (κ2) is 2.97. The molecule has 0 amide bonds. The van der Waals surface area contributed by atoms with Gasteiger partial charge >= 0.3 is 0 Å². The number of aryl methyl sites for hydroxylation is 1. The van der Waals surface area contributed by atoms with Gasteiger partial charge in [-0.05, 0) is 6.92 Å². The maximum Gasteiger partial charge on any atom is 0.250 e. The van der Waals surface area contributed by atoms with Crippen LogP contribution in [-0.2, 0) is 0 Å². The highest BCUT2D eigenvalue weighted by Gasteiger charge is 2.03. The van der Waals surface area contributed by atoms with Gasteiger partial charge in [0.25, 0.3) is 5.88 Å². The summed E-state index contributed by atoms with van der Waals surface area (Å²) in [6.45, 7) is 1.77. The van der Waals surface area contributed by atoms with Gasteiger partial charge < -0.3 is 4.74 Å². The van der Waals surface area contributed by atoms with E-state index < -0.39 is 0 Å². The number of nitriles is 1. The molecule has 4 heteroatoms. The molecule has 1 aromatic rings. The fourth-order valence-electron chi connectivity index (χ4n) is 0.688. The van der Waals surface area contributed by atoms with Crippen LogP contribution < -0.4 is 4.74 Å². The van der Waals surface area contributed by atoms with Gasteiger partial charge in [0.1, 0.15) is 6.07 Å². The summed E-state index contributed by atoms with van der Waals surface area (Å²) in [5.41, 5.74) is 0.940. The molecule has 0 bridgehead atoms. The minimum absolute atomic E-state index is 0.229. The highest BCUT2D eigenvalue weighted by atomic mass is 16.5. The lowest BCUT2D eigenvalue weighted by Crippen LogP contribution is -1.96. The summed E-state index contributed by atoms with van der Waals surface area (Å²) in [4.78, 5) is 7.77. The Hall–Kier alpha value is -1.63. The molecule has 0 aliphatic heterocycles. The van der Waals surface area contributed by atoms with Crippen molar-refractivity contribution in [3.8, 4) is 11.9 Å². The molecule has 1 heterocycles. The monoisotopic (exact) mass is 149 g/mol. The zero-order chi connectivity index (χ0) is 8.27. The van der Waals surface area contributed by atoms with Gasteiger partial charge in [0.2, 0.25) is 5.69 Å². The first-order valence-electron chi connectivity index (χ1n) is 3.05. The normalized spacial score (nSPS) is 8.82. The van der Waals surface area contributed by atoms with Crippen molar-refractivity contribution in [2.75, 3.05) is 7.11 Å². The molecule has 0 unspecified atom stereocenters. The molecule has 0 radical (unpaired) electrons. The molecule has 0 aromatic carbocycles. The van der Waals surface area contributed by atoms with Crippen LogP contribution in [0, 0.1) is 18.3 Å². The Morgan fingerprint density at radius 1 is 1.64 bits per heavy atom. The van der Waals surface area contributed by atoms with Crippen LogP contribution in [0.15, 0.2) is 6.20 Å². The number of rotatable bonds is 1. The number of hydrogen-bond donors (Lipinski definition) is 0. The van der Waals surface area contributed by atoms with E-state index in [2.05, 4.69) is 9.97 Å². The lowest BCUT2D eigenvalue weighted by molar-refractivity contribution is 0.393. The summed E-state index contributed by atoms with van der Waals surface area (Å²) < 4.78 is 4.80. The molecule has 0 saturated carbocycles. The molecule has 0 aliphatic rings. The van der Waals surface area contributed by atoms with E-state index >= 15 is 0 Å². The second-order valence-corrected chi connectivity index (χ2v) is 1.98. The Kier molecular flexibility index (Phi) is 2.02. The second-order valence-electron chi connectivity index (χ2n) is 1.98. The van der Waals surface area contributed by atoms with E-state index in [4.69, 9.17) is 10.00 Å². The maximum atomic E-state index is 8.54. The smallest absolute Gasteiger partial charge is 0.250 e. The predicted molar refractivity (Wildman–Crippen MR) is 38.0 cm³/mol. The van der Waals surface area contributed by atoms with Crippen LogP contribution in [0.1, 0.15) is 11.4 Å². The molecule has 11 heavy (non-hydrogen) atoms. The fourth-order valence-corrected chi connectivity index (χ4v) is 0.688. The Balaban J connectivity index is 3.19. The first-order chi connectivity index (χ1) is 5.27. The van der Waals surface area contributed by atoms with E-state index in [9.17, 15) is 0 Å². The molecule has 0 spiro atoms. The molecule has 0 aliphatic carbocycles. The van der Waals surface area contributed by atoms with Crippen LogP contribution in [0.2, 0.25) is 0 Å². The van der Waals surface area contributed by atoms with Gasteiger partial charge in [-0.2, -0.15) is 5.26 Å². The summed E-state index contributed by atoms with van der Waals surface area (Å²) in [6, 6.07) is 1.89. The third-order valence-corrected chi connectivity index (χ3v) is 1.16. The molecule has 4 nitrogen and oxygen atoms in total. The van der Waals surface area contributed by atoms with Gasteiger partial charge in [-0.1, -0.05) is 0 Å². The number of aromatic nitrogens is 2. The van der Waals surface area contributed by atoms with Crippen molar-refractivity contribution in [3.05, 3.63) is 17.6 Å². The lowest BCUT2D eigenvalue weighted by Gasteiger charge is -1.99. The van der Waals surface area contributed by atoms with Crippen molar-refractivity contribution in [1.29, 1.82) is 5.26 Å². The zero-order valence-electron chi connectivity index (χ0n) is 6.33. The van der Waals surface area contributed by atoms with Crippen LogP contribution >= 0.6 is 0 Å². The van der Waals surface area contributed by atoms with Crippen molar-refractivity contribution in [2.24, 2.45) is 0 Å². The summed E-state index contributed by atoms with van der Waals surface area (Å²) in [7, 11) is 1.46. The molecule has 56 valence electrons. The molecule has 0 fully saturated rings. The van der Waals surface area contributed by atoms with Gasteiger partial charge in [0.05, 0.1) is 19.0 Å². The minimum Gasteiger partial charge on any atom is -0.479 e. The van der Waals surface area contributed by atoms with Gasteiger partial charge in [0.15, 0.2) is 0 Å². The highest BCUT2D eigenvalue weighted by Crippen LogP contribution is 2.09. The Labute approximate surface area is 64.5 Å². The molecular formula is C7H7N3O. The molecule has 0 N–H and O–H groups in total. The molecular weight excluding hydrogens is 142 g/mol. The van der Waals surface area contributed by atoms with Crippen LogP contribution in [0.3, 0.4) is 0 Å². The van der Waals surface area contributed by atoms with E-state index in [0.29, 0.717) is 5.69 Å². The predicted octanol–water partition coefficient (Wildman–Crippen LogP) is 0.665. The van der Waals surface area contributed by atoms with Crippen molar-refractivity contribution >= 4 is 0 Å². The summed E-state index contributed by atoms with van der Waals surface area (Å²) >= 11 is 0. The SMILES string of the molecule is COc1ncc(C)nc1C#N. The first kappa shape index (κ1) is 7.48. The van der Waals surface area contributed by atoms with Gasteiger partial charge in [0, 0.05) is 0 Å². The van der Waals surface area contributed by atoms with Crippen LogP contribution in [0.25, 0.3) is 0 Å². The van der Waals surface area contributed by atoms with Crippen LogP contribution in [-0.4, -0.2) is 17.1 Å². The van der Waals surface area contributed by atoms with Crippen LogP contribution in [0.4, 0.5) is 0 Å². The van der Waals surface area contributed by atoms with Crippen molar-refractivity contribution < 1.29 is 4.74 Å². The topological polar surface area (TPSA) is 58.8 Å². The standard InChI is InChI=1S/C7H7N3O/c1-5-4-9-7(11-2)6(3-8)10-5/h4H,1-2H3. The van der Waals surface area contributed by atoms with Crippen molar-refractivity contribution in [1.82, 2.24) is 9.97 Å². The Bertz CT molecular complexity index is 303. The lowest BCUT2D eigenvalue weighted by atomic mass is 10.4. The molecule has 1 aromatic heterocycles.